The van der Waals surface area contributed by atoms with Crippen molar-refractivity contribution in [1.29, 1.82) is 0 Å². The molecule has 2 aromatic carbocycles. The van der Waals surface area contributed by atoms with E-state index in [1.807, 2.05) is 19.9 Å². The van der Waals surface area contributed by atoms with Crippen LogP contribution in [0.25, 0.3) is 0 Å². The summed E-state index contributed by atoms with van der Waals surface area (Å²) in [6.45, 7) is 4.30. The van der Waals surface area contributed by atoms with Gasteiger partial charge in [0.05, 0.1) is 18.0 Å². The minimum Gasteiger partial charge on any atom is -0.494 e. The number of carbonyl (C=O) groups excluding carboxylic acids is 3. The zero-order chi connectivity index (χ0) is 19.4. The summed E-state index contributed by atoms with van der Waals surface area (Å²) in [5.41, 5.74) is 1.87. The van der Waals surface area contributed by atoms with Crippen LogP contribution in [0.5, 0.6) is 5.75 Å². The Morgan fingerprint density at radius 1 is 1.15 bits per heavy atom. The van der Waals surface area contributed by atoms with Gasteiger partial charge in [-0.2, -0.15) is 0 Å². The molecule has 0 saturated carbocycles. The van der Waals surface area contributed by atoms with Crippen molar-refractivity contribution < 1.29 is 19.1 Å². The first-order valence-electron chi connectivity index (χ1n) is 8.52. The van der Waals surface area contributed by atoms with E-state index in [0.29, 0.717) is 23.7 Å². The van der Waals surface area contributed by atoms with Crippen LogP contribution in [0.3, 0.4) is 0 Å². The maximum atomic E-state index is 12.8. The highest BCUT2D eigenvalue weighted by molar-refractivity contribution is 6.32. The summed E-state index contributed by atoms with van der Waals surface area (Å²) in [5, 5.41) is 2.21. The van der Waals surface area contributed by atoms with Crippen LogP contribution in [-0.4, -0.2) is 30.7 Å². The first-order valence-corrected chi connectivity index (χ1v) is 8.52. The molecule has 1 saturated heterocycles. The van der Waals surface area contributed by atoms with Crippen LogP contribution in [-0.2, 0) is 9.59 Å². The molecule has 7 nitrogen and oxygen atoms in total. The van der Waals surface area contributed by atoms with Gasteiger partial charge in [-0.05, 0) is 55.8 Å². The summed E-state index contributed by atoms with van der Waals surface area (Å²) in [4.78, 5) is 42.2. The number of urea groups is 1. The normalized spacial score (nSPS) is 17.3. The van der Waals surface area contributed by atoms with Gasteiger partial charge >= 0.3 is 6.03 Å². The van der Waals surface area contributed by atoms with Gasteiger partial charge in [0.15, 0.2) is 5.92 Å². The number of barbiturate groups is 1. The minimum atomic E-state index is -1.19. The fourth-order valence-electron chi connectivity index (χ4n) is 2.69. The van der Waals surface area contributed by atoms with Crippen LogP contribution in [0.4, 0.5) is 16.2 Å². The summed E-state index contributed by atoms with van der Waals surface area (Å²) in [6, 6.07) is 13.1. The maximum absolute atomic E-state index is 12.8. The van der Waals surface area contributed by atoms with Gasteiger partial charge in [-0.3, -0.25) is 19.9 Å². The third kappa shape index (κ3) is 4.03. The summed E-state index contributed by atoms with van der Waals surface area (Å²) >= 11 is 0. The van der Waals surface area contributed by atoms with E-state index in [9.17, 15) is 14.4 Å². The van der Waals surface area contributed by atoms with Crippen molar-refractivity contribution in [1.82, 2.24) is 5.32 Å². The second-order valence-electron chi connectivity index (χ2n) is 5.99. The fourth-order valence-corrected chi connectivity index (χ4v) is 2.69. The molecule has 7 heteroatoms. The number of amides is 4. The molecule has 0 bridgehead atoms. The number of imide groups is 2. The van der Waals surface area contributed by atoms with Gasteiger partial charge in [0, 0.05) is 6.21 Å². The number of hydrogen-bond acceptors (Lipinski definition) is 5. The largest absolute Gasteiger partial charge is 0.494 e. The molecule has 1 aliphatic heterocycles. The standard InChI is InChI=1S/C20H19N3O4/c1-3-27-16-9-7-14(8-10-16)21-12-17-18(24)22-20(26)23(19(17)25)15-6-4-5-13(2)11-15/h4-12,17H,3H2,1-2H3,(H,22,24,26)/t17-/m0/s1. The van der Waals surface area contributed by atoms with Crippen molar-refractivity contribution in [2.75, 3.05) is 11.5 Å². The molecule has 1 atom stereocenters. The molecule has 1 aliphatic rings. The van der Waals surface area contributed by atoms with E-state index in [4.69, 9.17) is 4.74 Å². The first-order chi connectivity index (χ1) is 13.0. The Labute approximate surface area is 156 Å². The Balaban J connectivity index is 1.82. The average molecular weight is 365 g/mol. The van der Waals surface area contributed by atoms with Crippen LogP contribution in [0.1, 0.15) is 12.5 Å². The smallest absolute Gasteiger partial charge is 0.335 e. The third-order valence-corrected chi connectivity index (χ3v) is 3.98. The van der Waals surface area contributed by atoms with Crippen LogP contribution in [0.2, 0.25) is 0 Å². The molecule has 27 heavy (non-hydrogen) atoms. The summed E-state index contributed by atoms with van der Waals surface area (Å²) in [6.07, 6.45) is 1.25. The molecule has 0 aliphatic carbocycles. The molecule has 1 fully saturated rings. The van der Waals surface area contributed by atoms with E-state index in [1.165, 1.54) is 6.21 Å². The van der Waals surface area contributed by atoms with Gasteiger partial charge in [-0.15, -0.1) is 0 Å². The molecule has 138 valence electrons. The zero-order valence-corrected chi connectivity index (χ0v) is 15.0. The summed E-state index contributed by atoms with van der Waals surface area (Å²) in [5.74, 6) is -1.80. The Kier molecular flexibility index (Phi) is 5.30. The fraction of sp³-hybridized carbons (Fsp3) is 0.200. The van der Waals surface area contributed by atoms with E-state index < -0.39 is 23.8 Å². The minimum absolute atomic E-state index is 0.407. The molecule has 4 amide bonds. The second-order valence-corrected chi connectivity index (χ2v) is 5.99. The molecular formula is C20H19N3O4. The van der Waals surface area contributed by atoms with E-state index in [2.05, 4.69) is 10.3 Å². The highest BCUT2D eigenvalue weighted by Crippen LogP contribution is 2.22. The van der Waals surface area contributed by atoms with Crippen molar-refractivity contribution in [3.63, 3.8) is 0 Å². The number of aryl methyl sites for hydroxylation is 1. The summed E-state index contributed by atoms with van der Waals surface area (Å²) in [7, 11) is 0. The van der Waals surface area contributed by atoms with E-state index in [-0.39, 0.29) is 0 Å². The molecule has 2 aromatic rings. The number of carbonyl (C=O) groups is 3. The molecule has 0 unspecified atom stereocenters. The average Bonchev–Trinajstić information content (AvgIpc) is 2.63. The monoisotopic (exact) mass is 365 g/mol. The molecule has 0 aromatic heterocycles. The first kappa shape index (κ1) is 18.3. The number of hydrogen-bond donors (Lipinski definition) is 1. The van der Waals surface area contributed by atoms with Crippen LogP contribution < -0.4 is 15.0 Å². The van der Waals surface area contributed by atoms with Crippen molar-refractivity contribution in [3.8, 4) is 5.75 Å². The lowest BCUT2D eigenvalue weighted by atomic mass is 10.1. The van der Waals surface area contributed by atoms with Crippen LogP contribution in [0.15, 0.2) is 53.5 Å². The lowest BCUT2D eigenvalue weighted by molar-refractivity contribution is -0.131. The van der Waals surface area contributed by atoms with E-state index in [0.717, 1.165) is 10.5 Å². The highest BCUT2D eigenvalue weighted by Gasteiger charge is 2.40. The summed E-state index contributed by atoms with van der Waals surface area (Å²) < 4.78 is 5.36. The number of benzene rings is 2. The molecular weight excluding hydrogens is 346 g/mol. The Morgan fingerprint density at radius 2 is 1.89 bits per heavy atom. The predicted octanol–water partition coefficient (Wildman–Crippen LogP) is 3.00. The molecule has 0 spiro atoms. The number of ether oxygens (including phenoxy) is 1. The van der Waals surface area contributed by atoms with Gasteiger partial charge in [0.25, 0.3) is 5.91 Å². The molecule has 1 N–H and O–H groups in total. The van der Waals surface area contributed by atoms with Crippen molar-refractivity contribution in [2.24, 2.45) is 10.9 Å². The third-order valence-electron chi connectivity index (χ3n) is 3.98. The molecule has 0 radical (unpaired) electrons. The lowest BCUT2D eigenvalue weighted by Gasteiger charge is -2.28. The van der Waals surface area contributed by atoms with Crippen molar-refractivity contribution >= 4 is 35.4 Å². The number of anilines is 1. The maximum Gasteiger partial charge on any atom is 0.335 e. The highest BCUT2D eigenvalue weighted by atomic mass is 16.5. The van der Waals surface area contributed by atoms with Crippen molar-refractivity contribution in [3.05, 3.63) is 54.1 Å². The zero-order valence-electron chi connectivity index (χ0n) is 15.0. The van der Waals surface area contributed by atoms with Gasteiger partial charge in [-0.1, -0.05) is 12.1 Å². The van der Waals surface area contributed by atoms with E-state index >= 15 is 0 Å². The molecule has 1 heterocycles. The Bertz CT molecular complexity index is 906. The van der Waals surface area contributed by atoms with Crippen molar-refractivity contribution in [2.45, 2.75) is 13.8 Å². The molecule has 3 rings (SSSR count). The predicted molar refractivity (Wildman–Crippen MR) is 101 cm³/mol. The van der Waals surface area contributed by atoms with Crippen LogP contribution in [0, 0.1) is 12.8 Å². The number of aliphatic imine (C=N–C) groups is 1. The van der Waals surface area contributed by atoms with Gasteiger partial charge in [0.2, 0.25) is 5.91 Å². The van der Waals surface area contributed by atoms with Gasteiger partial charge < -0.3 is 4.74 Å². The van der Waals surface area contributed by atoms with Crippen LogP contribution >= 0.6 is 0 Å². The Hall–Kier alpha value is -3.48. The van der Waals surface area contributed by atoms with Gasteiger partial charge in [0.1, 0.15) is 5.75 Å². The number of nitrogens with one attached hydrogen (secondary N) is 1. The van der Waals surface area contributed by atoms with Gasteiger partial charge in [-0.25, -0.2) is 9.69 Å². The SMILES string of the molecule is CCOc1ccc(N=C[C@H]2C(=O)NC(=O)N(c3cccc(C)c3)C2=O)cc1. The Morgan fingerprint density at radius 3 is 2.56 bits per heavy atom. The topological polar surface area (TPSA) is 88.1 Å². The number of rotatable bonds is 5. The quantitative estimate of drug-likeness (QED) is 0.652. The lowest BCUT2D eigenvalue weighted by Crippen LogP contribution is -2.58. The number of nitrogens with zero attached hydrogens (tertiary/aromatic N) is 2. The second kappa shape index (κ2) is 7.82. The van der Waals surface area contributed by atoms with E-state index in [1.54, 1.807) is 42.5 Å².